The second kappa shape index (κ2) is 10.6. The molecule has 0 aromatic carbocycles. The van der Waals surface area contributed by atoms with Gasteiger partial charge in [-0.25, -0.2) is 0 Å². The summed E-state index contributed by atoms with van der Waals surface area (Å²) in [5.41, 5.74) is 1.36. The van der Waals surface area contributed by atoms with E-state index >= 15 is 0 Å². The molecule has 2 aliphatic carbocycles. The first-order chi connectivity index (χ1) is 10.8. The van der Waals surface area contributed by atoms with E-state index in [0.29, 0.717) is 11.1 Å². The minimum absolute atomic E-state index is 0. The Labute approximate surface area is 147 Å². The van der Waals surface area contributed by atoms with Crippen molar-refractivity contribution in [3.8, 4) is 0 Å². The molecule has 0 fully saturated rings. The Bertz CT molecular complexity index is 557. The summed E-state index contributed by atoms with van der Waals surface area (Å²) in [7, 11) is 0. The third kappa shape index (κ3) is 6.68. The van der Waals surface area contributed by atoms with Crippen LogP contribution in [-0.4, -0.2) is 24.7 Å². The number of hydrogen-bond donors (Lipinski definition) is 2. The van der Waals surface area contributed by atoms with Gasteiger partial charge in [-0.3, -0.25) is 9.59 Å². The summed E-state index contributed by atoms with van der Waals surface area (Å²) >= 11 is 0. The van der Waals surface area contributed by atoms with Crippen molar-refractivity contribution in [2.45, 2.75) is 12.8 Å². The van der Waals surface area contributed by atoms with E-state index in [-0.39, 0.29) is 28.6 Å². The van der Waals surface area contributed by atoms with E-state index in [4.69, 9.17) is 0 Å². The molecule has 0 spiro atoms. The summed E-state index contributed by atoms with van der Waals surface area (Å²) < 4.78 is 0. The van der Waals surface area contributed by atoms with Crippen LogP contribution in [0.4, 0.5) is 0 Å². The van der Waals surface area contributed by atoms with E-state index in [0.717, 1.165) is 25.9 Å². The Morgan fingerprint density at radius 1 is 0.696 bits per heavy atom. The van der Waals surface area contributed by atoms with Crippen LogP contribution >= 0.6 is 0 Å². The van der Waals surface area contributed by atoms with Crippen LogP contribution in [0, 0.1) is 0 Å². The molecule has 0 aromatic heterocycles. The van der Waals surface area contributed by atoms with Crippen LogP contribution < -0.4 is 10.6 Å². The van der Waals surface area contributed by atoms with E-state index < -0.39 is 0 Å². The molecule has 0 heterocycles. The molecule has 0 amide bonds. The maximum atomic E-state index is 11.5. The van der Waals surface area contributed by atoms with Gasteiger partial charge in [-0.05, 0) is 37.1 Å². The Balaban J connectivity index is 0.00000264. The second-order valence-electron chi connectivity index (χ2n) is 4.98. The fourth-order valence-corrected chi connectivity index (χ4v) is 2.02. The Morgan fingerprint density at radius 3 is 1.48 bits per heavy atom. The number of nitrogens with one attached hydrogen (secondary N) is 2. The van der Waals surface area contributed by atoms with Gasteiger partial charge in [0.05, 0.1) is 0 Å². The Kier molecular flexibility index (Phi) is 8.73. The molecule has 121 valence electrons. The Hall–Kier alpha value is -2.10. The van der Waals surface area contributed by atoms with E-state index in [9.17, 15) is 9.59 Å². The largest absolute Gasteiger partial charge is 0.390 e. The van der Waals surface area contributed by atoms with Gasteiger partial charge >= 0.3 is 0 Å². The molecule has 0 unspecified atom stereocenters. The molecule has 0 saturated heterocycles. The third-order valence-corrected chi connectivity index (χ3v) is 3.25. The van der Waals surface area contributed by atoms with Crippen LogP contribution in [0.5, 0.6) is 0 Å². The SMILES string of the molecule is O=C1C=CC=C/C1=C/NCCCCN/C=C1\C=CC=CC1=O.[Mn]. The van der Waals surface area contributed by atoms with Gasteiger partial charge in [-0.15, -0.1) is 0 Å². The molecule has 2 aliphatic rings. The van der Waals surface area contributed by atoms with Crippen molar-refractivity contribution >= 4 is 11.6 Å². The van der Waals surface area contributed by atoms with Gasteiger partial charge in [0.15, 0.2) is 11.6 Å². The van der Waals surface area contributed by atoms with Crippen LogP contribution in [0.25, 0.3) is 0 Å². The molecule has 0 saturated carbocycles. The quantitative estimate of drug-likeness (QED) is 0.419. The first-order valence-corrected chi connectivity index (χ1v) is 7.42. The molecule has 23 heavy (non-hydrogen) atoms. The van der Waals surface area contributed by atoms with Crippen molar-refractivity contribution < 1.29 is 26.7 Å². The van der Waals surface area contributed by atoms with Gasteiger partial charge < -0.3 is 10.6 Å². The van der Waals surface area contributed by atoms with E-state index in [1.54, 1.807) is 48.9 Å². The fourth-order valence-electron chi connectivity index (χ4n) is 2.02. The smallest absolute Gasteiger partial charge is 0.187 e. The summed E-state index contributed by atoms with van der Waals surface area (Å²) in [6.45, 7) is 1.63. The van der Waals surface area contributed by atoms with Crippen molar-refractivity contribution in [1.29, 1.82) is 0 Å². The van der Waals surface area contributed by atoms with Gasteiger partial charge in [0, 0.05) is 53.7 Å². The molecule has 0 atom stereocenters. The molecule has 0 aliphatic heterocycles. The monoisotopic (exact) mass is 351 g/mol. The zero-order valence-corrected chi connectivity index (χ0v) is 14.0. The standard InChI is InChI=1S/C18H20N2O2.Mn/c21-17-9-3-1-7-15(17)13-19-11-5-6-12-20-14-16-8-2-4-10-18(16)22;/h1-4,7-10,13-14,19-20H,5-6,11-12H2;/b15-13-,16-14+;. The van der Waals surface area contributed by atoms with Crippen LogP contribution in [-0.2, 0) is 26.7 Å². The number of unbranched alkanes of at least 4 members (excludes halogenated alkanes) is 1. The van der Waals surface area contributed by atoms with Crippen LogP contribution in [0.15, 0.2) is 72.2 Å². The summed E-state index contributed by atoms with van der Waals surface area (Å²) in [5.74, 6) is 0.0603. The van der Waals surface area contributed by atoms with Crippen molar-refractivity contribution in [2.75, 3.05) is 13.1 Å². The zero-order valence-electron chi connectivity index (χ0n) is 12.8. The van der Waals surface area contributed by atoms with E-state index in [2.05, 4.69) is 10.6 Å². The average molecular weight is 351 g/mol. The average Bonchev–Trinajstić information content (AvgIpc) is 2.53. The normalized spacial score (nSPS) is 19.3. The van der Waals surface area contributed by atoms with Crippen molar-refractivity contribution in [3.63, 3.8) is 0 Å². The van der Waals surface area contributed by atoms with E-state index in [1.165, 1.54) is 0 Å². The molecule has 5 heteroatoms. The maximum Gasteiger partial charge on any atom is 0.187 e. The summed E-state index contributed by atoms with van der Waals surface area (Å²) in [4.78, 5) is 23.0. The summed E-state index contributed by atoms with van der Waals surface area (Å²) in [5, 5.41) is 6.29. The molecular formula is C18H20MnN2O2. The predicted molar refractivity (Wildman–Crippen MR) is 88.0 cm³/mol. The van der Waals surface area contributed by atoms with Crippen molar-refractivity contribution in [2.24, 2.45) is 0 Å². The Morgan fingerprint density at radius 2 is 1.09 bits per heavy atom. The van der Waals surface area contributed by atoms with Gasteiger partial charge in [0.1, 0.15) is 0 Å². The fraction of sp³-hybridized carbons (Fsp3) is 0.222. The number of carbonyl (C=O) groups is 2. The molecule has 0 bridgehead atoms. The summed E-state index contributed by atoms with van der Waals surface area (Å²) in [6.07, 6.45) is 19.4. The molecule has 1 radical (unpaired) electrons. The second-order valence-corrected chi connectivity index (χ2v) is 4.98. The summed E-state index contributed by atoms with van der Waals surface area (Å²) in [6, 6.07) is 0. The maximum absolute atomic E-state index is 11.5. The van der Waals surface area contributed by atoms with E-state index in [1.807, 2.05) is 12.2 Å². The number of ketones is 2. The number of hydrogen-bond acceptors (Lipinski definition) is 4. The van der Waals surface area contributed by atoms with Gasteiger partial charge in [0.25, 0.3) is 0 Å². The van der Waals surface area contributed by atoms with Crippen molar-refractivity contribution in [1.82, 2.24) is 10.6 Å². The predicted octanol–water partition coefficient (Wildman–Crippen LogP) is 2.10. The van der Waals surface area contributed by atoms with Gasteiger partial charge in [-0.1, -0.05) is 24.3 Å². The zero-order chi connectivity index (χ0) is 15.6. The first-order valence-electron chi connectivity index (χ1n) is 7.42. The van der Waals surface area contributed by atoms with Crippen LogP contribution in [0.1, 0.15) is 12.8 Å². The molecule has 2 rings (SSSR count). The van der Waals surface area contributed by atoms with Crippen LogP contribution in [0.3, 0.4) is 0 Å². The minimum atomic E-state index is 0. The number of rotatable bonds is 7. The topological polar surface area (TPSA) is 58.2 Å². The first kappa shape index (κ1) is 18.9. The minimum Gasteiger partial charge on any atom is -0.390 e. The molecule has 0 aromatic rings. The van der Waals surface area contributed by atoms with Crippen LogP contribution in [0.2, 0.25) is 0 Å². The number of carbonyl (C=O) groups excluding carboxylic acids is 2. The third-order valence-electron chi connectivity index (χ3n) is 3.25. The molecule has 4 nitrogen and oxygen atoms in total. The molecular weight excluding hydrogens is 331 g/mol. The molecule has 2 N–H and O–H groups in total. The van der Waals surface area contributed by atoms with Gasteiger partial charge in [-0.2, -0.15) is 0 Å². The van der Waals surface area contributed by atoms with Gasteiger partial charge in [0.2, 0.25) is 0 Å². The van der Waals surface area contributed by atoms with Crippen molar-refractivity contribution in [3.05, 3.63) is 72.2 Å². The number of allylic oxidation sites excluding steroid dienone is 10.